The molecule has 0 heterocycles. The lowest BCUT2D eigenvalue weighted by atomic mass is 9.96. The lowest BCUT2D eigenvalue weighted by Gasteiger charge is -2.09. The zero-order valence-electron chi connectivity index (χ0n) is 23.2. The molecule has 3 aromatic rings. The minimum atomic E-state index is -0.943. The first-order chi connectivity index (χ1) is 20.2. The number of nitro groups is 3. The van der Waals surface area contributed by atoms with E-state index in [1.54, 1.807) is 30.3 Å². The second-order valence-electron chi connectivity index (χ2n) is 9.81. The van der Waals surface area contributed by atoms with Gasteiger partial charge in [0.05, 0.1) is 45.7 Å². The molecule has 0 aliphatic heterocycles. The monoisotopic (exact) mass is 575 g/mol. The SMILES string of the molecule is CCCCCCCCOc1ccc(/C=C2\c3cc([N+](=O)[O-])cc(C(=O)OC)c3-c3c2cc([N+](=O)[O-])cc3[N+](=O)[O-])cc1. The predicted octanol–water partition coefficient (Wildman–Crippen LogP) is 7.51. The maximum absolute atomic E-state index is 12.7. The Hall–Kier alpha value is -5.13. The molecule has 0 fully saturated rings. The summed E-state index contributed by atoms with van der Waals surface area (Å²) in [4.78, 5) is 46.0. The molecule has 218 valence electrons. The van der Waals surface area contributed by atoms with Crippen LogP contribution in [0.2, 0.25) is 0 Å². The highest BCUT2D eigenvalue weighted by Crippen LogP contribution is 2.53. The summed E-state index contributed by atoms with van der Waals surface area (Å²) in [5.41, 5.74) is -0.766. The largest absolute Gasteiger partial charge is 0.494 e. The summed E-state index contributed by atoms with van der Waals surface area (Å²) in [5, 5.41) is 35.5. The molecular weight excluding hydrogens is 546 g/mol. The number of benzene rings is 3. The number of unbranched alkanes of at least 4 members (excludes halogenated alkanes) is 5. The van der Waals surface area contributed by atoms with Gasteiger partial charge in [-0.1, -0.05) is 51.2 Å². The molecule has 0 saturated carbocycles. The van der Waals surface area contributed by atoms with Gasteiger partial charge in [-0.05, 0) is 41.3 Å². The van der Waals surface area contributed by atoms with Crippen molar-refractivity contribution in [1.29, 1.82) is 0 Å². The third-order valence-corrected chi connectivity index (χ3v) is 7.04. The molecule has 12 nitrogen and oxygen atoms in total. The number of methoxy groups -OCH3 is 1. The van der Waals surface area contributed by atoms with E-state index < -0.39 is 37.8 Å². The average Bonchev–Trinajstić information content (AvgIpc) is 3.29. The van der Waals surface area contributed by atoms with Gasteiger partial charge in [0.2, 0.25) is 0 Å². The molecule has 4 rings (SSSR count). The van der Waals surface area contributed by atoms with Crippen molar-refractivity contribution in [3.8, 4) is 16.9 Å². The number of non-ortho nitro benzene ring substituents is 2. The van der Waals surface area contributed by atoms with Crippen LogP contribution < -0.4 is 4.74 Å². The van der Waals surface area contributed by atoms with Crippen LogP contribution >= 0.6 is 0 Å². The van der Waals surface area contributed by atoms with Crippen LogP contribution in [0.4, 0.5) is 17.1 Å². The Labute approximate surface area is 241 Å². The highest BCUT2D eigenvalue weighted by Gasteiger charge is 2.38. The fourth-order valence-electron chi connectivity index (χ4n) is 5.02. The van der Waals surface area contributed by atoms with Crippen molar-refractivity contribution in [2.75, 3.05) is 13.7 Å². The smallest absolute Gasteiger partial charge is 0.338 e. The van der Waals surface area contributed by atoms with E-state index >= 15 is 0 Å². The van der Waals surface area contributed by atoms with E-state index in [9.17, 15) is 35.1 Å². The van der Waals surface area contributed by atoms with E-state index in [-0.39, 0.29) is 33.4 Å². The third-order valence-electron chi connectivity index (χ3n) is 7.04. The van der Waals surface area contributed by atoms with Crippen LogP contribution in [0.3, 0.4) is 0 Å². The van der Waals surface area contributed by atoms with Gasteiger partial charge >= 0.3 is 5.97 Å². The molecule has 0 saturated heterocycles. The van der Waals surface area contributed by atoms with Crippen molar-refractivity contribution in [1.82, 2.24) is 0 Å². The van der Waals surface area contributed by atoms with E-state index in [2.05, 4.69) is 6.92 Å². The number of carbonyl (C=O) groups is 1. The molecule has 0 aromatic heterocycles. The highest BCUT2D eigenvalue weighted by atomic mass is 16.6. The van der Waals surface area contributed by atoms with Crippen LogP contribution in [0.25, 0.3) is 22.8 Å². The van der Waals surface area contributed by atoms with Crippen molar-refractivity contribution in [2.24, 2.45) is 0 Å². The molecule has 0 amide bonds. The van der Waals surface area contributed by atoms with Crippen molar-refractivity contribution < 1.29 is 29.0 Å². The summed E-state index contributed by atoms with van der Waals surface area (Å²) >= 11 is 0. The van der Waals surface area contributed by atoms with Gasteiger partial charge in [0.15, 0.2) is 0 Å². The van der Waals surface area contributed by atoms with Gasteiger partial charge in [0.25, 0.3) is 17.1 Å². The van der Waals surface area contributed by atoms with Gasteiger partial charge in [0.1, 0.15) is 5.75 Å². The minimum absolute atomic E-state index is 0.0363. The maximum atomic E-state index is 12.7. The molecule has 3 aromatic carbocycles. The number of hydrogen-bond acceptors (Lipinski definition) is 9. The summed E-state index contributed by atoms with van der Waals surface area (Å²) < 4.78 is 10.7. The second kappa shape index (κ2) is 13.0. The summed E-state index contributed by atoms with van der Waals surface area (Å²) in [5.74, 6) is -0.297. The second-order valence-corrected chi connectivity index (χ2v) is 9.81. The van der Waals surface area contributed by atoms with Crippen LogP contribution in [0, 0.1) is 30.3 Å². The fraction of sp³-hybridized carbons (Fsp3) is 0.300. The molecule has 0 atom stereocenters. The lowest BCUT2D eigenvalue weighted by Crippen LogP contribution is -2.06. The van der Waals surface area contributed by atoms with Crippen LogP contribution in [-0.2, 0) is 4.74 Å². The van der Waals surface area contributed by atoms with Crippen molar-refractivity contribution in [2.45, 2.75) is 45.4 Å². The molecular formula is C30H29N3O9. The van der Waals surface area contributed by atoms with Gasteiger partial charge < -0.3 is 9.47 Å². The lowest BCUT2D eigenvalue weighted by molar-refractivity contribution is -0.393. The van der Waals surface area contributed by atoms with Gasteiger partial charge in [-0.15, -0.1) is 0 Å². The van der Waals surface area contributed by atoms with Crippen LogP contribution in [0.5, 0.6) is 5.75 Å². The molecule has 0 spiro atoms. The quantitative estimate of drug-likeness (QED) is 0.0678. The van der Waals surface area contributed by atoms with Gasteiger partial charge in [-0.2, -0.15) is 0 Å². The molecule has 42 heavy (non-hydrogen) atoms. The molecule has 0 radical (unpaired) electrons. The Balaban J connectivity index is 1.79. The van der Waals surface area contributed by atoms with Gasteiger partial charge in [0, 0.05) is 29.3 Å². The number of hydrogen-bond donors (Lipinski definition) is 0. The summed E-state index contributed by atoms with van der Waals surface area (Å²) in [6, 6.07) is 11.1. The minimum Gasteiger partial charge on any atom is -0.494 e. The fourth-order valence-corrected chi connectivity index (χ4v) is 5.02. The number of esters is 1. The van der Waals surface area contributed by atoms with Crippen molar-refractivity contribution in [3.05, 3.63) is 101 Å². The summed E-state index contributed by atoms with van der Waals surface area (Å²) in [6.45, 7) is 2.74. The van der Waals surface area contributed by atoms with Crippen LogP contribution in [0.1, 0.15) is 72.5 Å². The Bertz CT molecular complexity index is 1580. The summed E-state index contributed by atoms with van der Waals surface area (Å²) in [7, 11) is 1.08. The van der Waals surface area contributed by atoms with Crippen LogP contribution in [0.15, 0.2) is 48.5 Å². The molecule has 0 unspecified atom stereocenters. The first-order valence-electron chi connectivity index (χ1n) is 13.5. The number of rotatable bonds is 13. The molecule has 1 aliphatic carbocycles. The van der Waals surface area contributed by atoms with E-state index in [0.29, 0.717) is 17.9 Å². The maximum Gasteiger partial charge on any atom is 0.338 e. The molecule has 0 N–H and O–H groups in total. The van der Waals surface area contributed by atoms with E-state index in [4.69, 9.17) is 9.47 Å². The summed E-state index contributed by atoms with van der Waals surface area (Å²) in [6.07, 6.45) is 8.42. The van der Waals surface area contributed by atoms with Crippen molar-refractivity contribution >= 4 is 34.7 Å². The zero-order chi connectivity index (χ0) is 30.4. The predicted molar refractivity (Wildman–Crippen MR) is 155 cm³/mol. The van der Waals surface area contributed by atoms with E-state index in [1.165, 1.54) is 37.8 Å². The Kier molecular flexibility index (Phi) is 9.25. The number of ether oxygens (including phenoxy) is 2. The molecule has 0 bridgehead atoms. The third kappa shape index (κ3) is 6.27. The van der Waals surface area contributed by atoms with E-state index in [0.717, 1.165) is 32.1 Å². The normalized spacial score (nSPS) is 12.5. The average molecular weight is 576 g/mol. The Morgan fingerprint density at radius 1 is 0.786 bits per heavy atom. The standard InChI is InChI=1S/C30H29N3O9/c1-3-4-5-6-7-8-13-42-22-11-9-19(10-12-22)14-23-24-15-20(31(35)36)17-26(30(34)41-2)28(24)29-25(23)16-21(32(37)38)18-27(29)33(39)40/h9-12,14-18H,3-8,13H2,1-2H3/b23-14+. The Morgan fingerprint density at radius 2 is 1.38 bits per heavy atom. The highest BCUT2D eigenvalue weighted by molar-refractivity contribution is 6.15. The Morgan fingerprint density at radius 3 is 1.98 bits per heavy atom. The van der Waals surface area contributed by atoms with Gasteiger partial charge in [-0.25, -0.2) is 4.79 Å². The number of fused-ring (bicyclic) bond motifs is 3. The topological polar surface area (TPSA) is 165 Å². The first kappa shape index (κ1) is 29.8. The van der Waals surface area contributed by atoms with E-state index in [1.807, 2.05) is 0 Å². The van der Waals surface area contributed by atoms with Crippen LogP contribution in [-0.4, -0.2) is 34.5 Å². The number of carbonyl (C=O) groups excluding carboxylic acids is 1. The zero-order valence-corrected chi connectivity index (χ0v) is 23.2. The number of nitro benzene ring substituents is 3. The van der Waals surface area contributed by atoms with Crippen molar-refractivity contribution in [3.63, 3.8) is 0 Å². The molecule has 12 heteroatoms. The van der Waals surface area contributed by atoms with Gasteiger partial charge in [-0.3, -0.25) is 30.3 Å². The first-order valence-corrected chi connectivity index (χ1v) is 13.5. The number of nitrogens with zero attached hydrogens (tertiary/aromatic N) is 3. The molecule has 1 aliphatic rings.